The number of rotatable bonds is 6. The fourth-order valence-corrected chi connectivity index (χ4v) is 3.58. The Morgan fingerprint density at radius 3 is 2.50 bits per heavy atom. The molecule has 146 valence electrons. The number of esters is 1. The van der Waals surface area contributed by atoms with E-state index in [1.807, 2.05) is 6.92 Å². The largest absolute Gasteiger partial charge is 0.469 e. The van der Waals surface area contributed by atoms with E-state index in [4.69, 9.17) is 0 Å². The topological polar surface area (TPSA) is 105 Å². The van der Waals surface area contributed by atoms with Gasteiger partial charge in [-0.1, -0.05) is 13.8 Å². The first kappa shape index (κ1) is 20.2. The minimum atomic E-state index is -0.857. The van der Waals surface area contributed by atoms with E-state index in [1.54, 1.807) is 6.92 Å². The van der Waals surface area contributed by atoms with E-state index < -0.39 is 29.0 Å². The summed E-state index contributed by atoms with van der Waals surface area (Å²) in [4.78, 5) is 50.0. The van der Waals surface area contributed by atoms with Gasteiger partial charge in [0.25, 0.3) is 5.91 Å². The standard InChI is InChI=1S/C18H29N3O5/c1-5-17(3,10-14(23)26-4)19-13(22)11-21-15(24)18(20-16(21)25)8-6-12(2)7-9-18/h12H,5-11H2,1-4H3,(H,19,22)(H,20,25). The van der Waals surface area contributed by atoms with E-state index in [0.717, 1.165) is 17.7 Å². The molecule has 1 aliphatic heterocycles. The Bertz CT molecular complexity index is 598. The molecule has 2 aliphatic rings. The molecule has 8 heteroatoms. The molecule has 0 aromatic carbocycles. The molecule has 2 rings (SSSR count). The number of methoxy groups -OCH3 is 1. The van der Waals surface area contributed by atoms with Crippen LogP contribution >= 0.6 is 0 Å². The Morgan fingerprint density at radius 2 is 1.96 bits per heavy atom. The summed E-state index contributed by atoms with van der Waals surface area (Å²) in [6, 6.07) is -0.522. The number of carbonyl (C=O) groups excluding carboxylic acids is 4. The lowest BCUT2D eigenvalue weighted by Crippen LogP contribution is -2.52. The molecule has 0 bridgehead atoms. The molecule has 1 saturated carbocycles. The minimum absolute atomic E-state index is 0.0215. The van der Waals surface area contributed by atoms with Gasteiger partial charge in [-0.2, -0.15) is 0 Å². The van der Waals surface area contributed by atoms with Gasteiger partial charge in [0, 0.05) is 5.54 Å². The zero-order chi connectivity index (χ0) is 19.5. The smallest absolute Gasteiger partial charge is 0.325 e. The Balaban J connectivity index is 2.01. The third-order valence-electron chi connectivity index (χ3n) is 5.66. The zero-order valence-electron chi connectivity index (χ0n) is 16.0. The van der Waals surface area contributed by atoms with E-state index in [-0.39, 0.29) is 18.9 Å². The first-order valence-corrected chi connectivity index (χ1v) is 9.16. The number of hydrogen-bond acceptors (Lipinski definition) is 5. The molecule has 0 radical (unpaired) electrons. The summed E-state index contributed by atoms with van der Waals surface area (Å²) >= 11 is 0. The van der Waals surface area contributed by atoms with Crippen LogP contribution in [0.15, 0.2) is 0 Å². The highest BCUT2D eigenvalue weighted by Crippen LogP contribution is 2.36. The van der Waals surface area contributed by atoms with Gasteiger partial charge >= 0.3 is 12.0 Å². The van der Waals surface area contributed by atoms with Crippen molar-refractivity contribution in [2.45, 2.75) is 70.4 Å². The third kappa shape index (κ3) is 4.16. The number of imide groups is 1. The molecule has 26 heavy (non-hydrogen) atoms. The number of amides is 4. The Labute approximate surface area is 154 Å². The molecule has 1 spiro atoms. The maximum Gasteiger partial charge on any atom is 0.325 e. The lowest BCUT2D eigenvalue weighted by molar-refractivity contribution is -0.143. The van der Waals surface area contributed by atoms with Crippen LogP contribution in [0.25, 0.3) is 0 Å². The molecular weight excluding hydrogens is 338 g/mol. The van der Waals surface area contributed by atoms with Crippen molar-refractivity contribution in [2.24, 2.45) is 5.92 Å². The number of nitrogens with one attached hydrogen (secondary N) is 2. The number of ether oxygens (including phenoxy) is 1. The van der Waals surface area contributed by atoms with Crippen molar-refractivity contribution < 1.29 is 23.9 Å². The average Bonchev–Trinajstić information content (AvgIpc) is 2.81. The van der Waals surface area contributed by atoms with Crippen LogP contribution in [-0.4, -0.2) is 53.4 Å². The van der Waals surface area contributed by atoms with E-state index in [1.165, 1.54) is 7.11 Å². The van der Waals surface area contributed by atoms with Crippen LogP contribution in [0.3, 0.4) is 0 Å². The second kappa shape index (κ2) is 7.63. The fourth-order valence-electron chi connectivity index (χ4n) is 3.58. The van der Waals surface area contributed by atoms with Crippen molar-refractivity contribution in [1.29, 1.82) is 0 Å². The number of carbonyl (C=O) groups is 4. The summed E-state index contributed by atoms with van der Waals surface area (Å²) in [7, 11) is 1.29. The Kier molecular flexibility index (Phi) is 5.93. The summed E-state index contributed by atoms with van der Waals surface area (Å²) in [6.07, 6.45) is 3.49. The normalized spacial score (nSPS) is 27.8. The van der Waals surface area contributed by atoms with Crippen molar-refractivity contribution in [3.05, 3.63) is 0 Å². The van der Waals surface area contributed by atoms with Gasteiger partial charge in [0.1, 0.15) is 12.1 Å². The van der Waals surface area contributed by atoms with Crippen LogP contribution in [-0.2, 0) is 19.1 Å². The summed E-state index contributed by atoms with van der Waals surface area (Å²) in [5, 5.41) is 5.56. The molecule has 1 unspecified atom stereocenters. The highest BCUT2D eigenvalue weighted by Gasteiger charge is 2.52. The molecule has 4 amide bonds. The van der Waals surface area contributed by atoms with Gasteiger partial charge < -0.3 is 15.4 Å². The van der Waals surface area contributed by atoms with Gasteiger partial charge in [0.15, 0.2) is 0 Å². The summed E-state index contributed by atoms with van der Waals surface area (Å²) < 4.78 is 4.66. The summed E-state index contributed by atoms with van der Waals surface area (Å²) in [5.41, 5.74) is -1.65. The van der Waals surface area contributed by atoms with Gasteiger partial charge in [-0.05, 0) is 44.9 Å². The lowest BCUT2D eigenvalue weighted by Gasteiger charge is -2.33. The van der Waals surface area contributed by atoms with Gasteiger partial charge in [-0.15, -0.1) is 0 Å². The van der Waals surface area contributed by atoms with Crippen molar-refractivity contribution in [2.75, 3.05) is 13.7 Å². The van der Waals surface area contributed by atoms with Crippen molar-refractivity contribution in [3.63, 3.8) is 0 Å². The van der Waals surface area contributed by atoms with Gasteiger partial charge in [0.05, 0.1) is 13.5 Å². The number of hydrogen-bond donors (Lipinski definition) is 2. The monoisotopic (exact) mass is 367 g/mol. The van der Waals surface area contributed by atoms with Gasteiger partial charge in [-0.25, -0.2) is 4.79 Å². The first-order valence-electron chi connectivity index (χ1n) is 9.16. The minimum Gasteiger partial charge on any atom is -0.469 e. The third-order valence-corrected chi connectivity index (χ3v) is 5.66. The van der Waals surface area contributed by atoms with E-state index in [2.05, 4.69) is 22.3 Å². The second-order valence-electron chi connectivity index (χ2n) is 7.80. The summed E-state index contributed by atoms with van der Waals surface area (Å²) in [6.45, 7) is 5.36. The molecule has 2 N–H and O–H groups in total. The molecule has 1 saturated heterocycles. The average molecular weight is 367 g/mol. The Morgan fingerprint density at radius 1 is 1.35 bits per heavy atom. The van der Waals surface area contributed by atoms with Crippen molar-refractivity contribution in [1.82, 2.24) is 15.5 Å². The van der Waals surface area contributed by atoms with Crippen LogP contribution < -0.4 is 10.6 Å². The van der Waals surface area contributed by atoms with Gasteiger partial charge in [0.2, 0.25) is 5.91 Å². The molecule has 0 aromatic heterocycles. The van der Waals surface area contributed by atoms with Crippen molar-refractivity contribution >= 4 is 23.8 Å². The molecule has 2 fully saturated rings. The lowest BCUT2D eigenvalue weighted by atomic mass is 9.77. The number of nitrogens with zero attached hydrogens (tertiary/aromatic N) is 1. The predicted molar refractivity (Wildman–Crippen MR) is 94.1 cm³/mol. The molecule has 1 heterocycles. The first-order chi connectivity index (χ1) is 12.1. The highest BCUT2D eigenvalue weighted by atomic mass is 16.5. The Hall–Kier alpha value is -2.12. The SMILES string of the molecule is CCC(C)(CC(=O)OC)NC(=O)CN1C(=O)NC2(CCC(C)CC2)C1=O. The van der Waals surface area contributed by atoms with Crippen LogP contribution in [0.5, 0.6) is 0 Å². The molecule has 0 aromatic rings. The quantitative estimate of drug-likeness (QED) is 0.544. The maximum atomic E-state index is 12.8. The highest BCUT2D eigenvalue weighted by molar-refractivity contribution is 6.09. The predicted octanol–water partition coefficient (Wildman–Crippen LogP) is 1.34. The maximum absolute atomic E-state index is 12.8. The second-order valence-corrected chi connectivity index (χ2v) is 7.80. The molecule has 1 aliphatic carbocycles. The van der Waals surface area contributed by atoms with Crippen molar-refractivity contribution in [3.8, 4) is 0 Å². The van der Waals surface area contributed by atoms with E-state index >= 15 is 0 Å². The zero-order valence-corrected chi connectivity index (χ0v) is 16.0. The van der Waals surface area contributed by atoms with Crippen LogP contribution in [0.4, 0.5) is 4.79 Å². The van der Waals surface area contributed by atoms with Crippen LogP contribution in [0, 0.1) is 5.92 Å². The summed E-state index contributed by atoms with van der Waals surface area (Å²) in [5.74, 6) is -0.690. The van der Waals surface area contributed by atoms with Crippen LogP contribution in [0.1, 0.15) is 59.3 Å². The molecule has 8 nitrogen and oxygen atoms in total. The van der Waals surface area contributed by atoms with Gasteiger partial charge in [-0.3, -0.25) is 19.3 Å². The molecular formula is C18H29N3O5. The van der Waals surface area contributed by atoms with E-state index in [9.17, 15) is 19.2 Å². The fraction of sp³-hybridized carbons (Fsp3) is 0.778. The van der Waals surface area contributed by atoms with Crippen LogP contribution in [0.2, 0.25) is 0 Å². The van der Waals surface area contributed by atoms with E-state index in [0.29, 0.717) is 25.2 Å². The number of urea groups is 1. The molecule has 1 atom stereocenters.